The van der Waals surface area contributed by atoms with Crippen LogP contribution in [0.2, 0.25) is 0 Å². The molecule has 9 heteroatoms. The first-order chi connectivity index (χ1) is 15.5. The van der Waals surface area contributed by atoms with Crippen molar-refractivity contribution in [2.24, 2.45) is 0 Å². The molecule has 1 unspecified atom stereocenters. The zero-order valence-electron chi connectivity index (χ0n) is 17.5. The van der Waals surface area contributed by atoms with E-state index in [1.807, 2.05) is 42.5 Å². The Balaban J connectivity index is 1.34. The Morgan fingerprint density at radius 1 is 1.06 bits per heavy atom. The topological polar surface area (TPSA) is 94.5 Å². The molecule has 0 radical (unpaired) electrons. The van der Waals surface area contributed by atoms with E-state index in [0.29, 0.717) is 34.0 Å². The van der Waals surface area contributed by atoms with Gasteiger partial charge in [-0.1, -0.05) is 37.7 Å². The Bertz CT molecular complexity index is 1200. The van der Waals surface area contributed by atoms with Crippen molar-refractivity contribution < 1.29 is 19.1 Å². The molecule has 2 aliphatic rings. The van der Waals surface area contributed by atoms with Crippen molar-refractivity contribution in [2.45, 2.75) is 36.6 Å². The minimum atomic E-state index is -0.596. The minimum absolute atomic E-state index is 0.0903. The van der Waals surface area contributed by atoms with E-state index in [1.165, 1.54) is 4.90 Å². The molecule has 3 heterocycles. The summed E-state index contributed by atoms with van der Waals surface area (Å²) < 4.78 is 10.8. The summed E-state index contributed by atoms with van der Waals surface area (Å²) in [5.74, 6) is 1.20. The van der Waals surface area contributed by atoms with Gasteiger partial charge in [0.05, 0.1) is 17.6 Å². The maximum Gasteiger partial charge on any atom is 0.247 e. The molecule has 1 saturated heterocycles. The summed E-state index contributed by atoms with van der Waals surface area (Å²) in [5, 5.41) is 7.82. The Morgan fingerprint density at radius 2 is 1.84 bits per heavy atom. The maximum absolute atomic E-state index is 13.0. The predicted octanol–water partition coefficient (Wildman–Crippen LogP) is 3.81. The number of thioether (sulfide) groups is 1. The molecule has 1 fully saturated rings. The Labute approximate surface area is 189 Å². The van der Waals surface area contributed by atoms with Crippen LogP contribution in [0.4, 0.5) is 5.69 Å². The van der Waals surface area contributed by atoms with Crippen molar-refractivity contribution in [3.8, 4) is 22.8 Å². The van der Waals surface area contributed by atoms with Crippen LogP contribution < -0.4 is 14.4 Å². The van der Waals surface area contributed by atoms with Gasteiger partial charge in [0.2, 0.25) is 23.8 Å². The van der Waals surface area contributed by atoms with Crippen molar-refractivity contribution in [1.29, 1.82) is 0 Å². The van der Waals surface area contributed by atoms with Crippen LogP contribution in [0.5, 0.6) is 11.5 Å². The van der Waals surface area contributed by atoms with Crippen LogP contribution in [-0.4, -0.2) is 39.0 Å². The van der Waals surface area contributed by atoms with Gasteiger partial charge in [0.25, 0.3) is 0 Å². The highest BCUT2D eigenvalue weighted by molar-refractivity contribution is 8.00. The van der Waals surface area contributed by atoms with Crippen LogP contribution in [0.3, 0.4) is 0 Å². The molecule has 5 rings (SSSR count). The van der Waals surface area contributed by atoms with Crippen LogP contribution >= 0.6 is 11.8 Å². The summed E-state index contributed by atoms with van der Waals surface area (Å²) in [6.07, 6.45) is 1.64. The standard InChI is InChI=1S/C23H20N4O4S/c1-13(2)14-3-6-16(7-4-14)27-21(28)10-20(22(27)29)32-23-25-17(11-24-26-23)15-5-8-18-19(9-15)31-12-30-18/h3-9,11,13,20H,10,12H2,1-2H3. The van der Waals surface area contributed by atoms with E-state index < -0.39 is 5.25 Å². The predicted molar refractivity (Wildman–Crippen MR) is 119 cm³/mol. The van der Waals surface area contributed by atoms with E-state index in [0.717, 1.165) is 22.9 Å². The Kier molecular flexibility index (Phi) is 5.26. The molecular weight excluding hydrogens is 428 g/mol. The number of amides is 2. The van der Waals surface area contributed by atoms with E-state index in [9.17, 15) is 9.59 Å². The molecule has 32 heavy (non-hydrogen) atoms. The van der Waals surface area contributed by atoms with Gasteiger partial charge in [-0.15, -0.1) is 5.10 Å². The van der Waals surface area contributed by atoms with Gasteiger partial charge in [0.15, 0.2) is 11.5 Å². The van der Waals surface area contributed by atoms with Gasteiger partial charge < -0.3 is 9.47 Å². The average molecular weight is 449 g/mol. The molecule has 0 spiro atoms. The van der Waals surface area contributed by atoms with Crippen molar-refractivity contribution in [1.82, 2.24) is 15.2 Å². The first-order valence-electron chi connectivity index (χ1n) is 10.2. The summed E-state index contributed by atoms with van der Waals surface area (Å²) in [6.45, 7) is 4.38. The van der Waals surface area contributed by atoms with Gasteiger partial charge in [-0.3, -0.25) is 9.59 Å². The largest absolute Gasteiger partial charge is 0.454 e. The number of hydrogen-bond donors (Lipinski definition) is 0. The smallest absolute Gasteiger partial charge is 0.247 e. The molecule has 8 nitrogen and oxygen atoms in total. The van der Waals surface area contributed by atoms with Crippen molar-refractivity contribution in [3.05, 3.63) is 54.2 Å². The number of benzene rings is 2. The monoisotopic (exact) mass is 448 g/mol. The molecule has 162 valence electrons. The summed E-state index contributed by atoms with van der Waals surface area (Å²) in [4.78, 5) is 31.4. The van der Waals surface area contributed by atoms with E-state index >= 15 is 0 Å². The molecule has 1 aromatic heterocycles. The molecule has 1 atom stereocenters. The van der Waals surface area contributed by atoms with E-state index in [2.05, 4.69) is 29.0 Å². The molecular formula is C23H20N4O4S. The lowest BCUT2D eigenvalue weighted by Gasteiger charge is -2.16. The van der Waals surface area contributed by atoms with Gasteiger partial charge in [-0.2, -0.15) is 5.10 Å². The summed E-state index contributed by atoms with van der Waals surface area (Å²) >= 11 is 1.15. The third-order valence-electron chi connectivity index (χ3n) is 5.38. The zero-order valence-corrected chi connectivity index (χ0v) is 18.3. The number of rotatable bonds is 5. The van der Waals surface area contributed by atoms with Crippen molar-refractivity contribution >= 4 is 29.3 Å². The quantitative estimate of drug-likeness (QED) is 0.544. The summed E-state index contributed by atoms with van der Waals surface area (Å²) in [7, 11) is 0. The Morgan fingerprint density at radius 3 is 2.62 bits per heavy atom. The second-order valence-corrected chi connectivity index (χ2v) is 8.99. The number of carbonyl (C=O) groups is 2. The fourth-order valence-corrected chi connectivity index (χ4v) is 4.57. The lowest BCUT2D eigenvalue weighted by Crippen LogP contribution is -2.31. The van der Waals surface area contributed by atoms with Gasteiger partial charge >= 0.3 is 0 Å². The first kappa shape index (κ1) is 20.4. The number of anilines is 1. The highest BCUT2D eigenvalue weighted by atomic mass is 32.2. The molecule has 2 aromatic carbocycles. The third kappa shape index (κ3) is 3.80. The van der Waals surface area contributed by atoms with E-state index in [1.54, 1.807) is 6.20 Å². The molecule has 2 aliphatic heterocycles. The lowest BCUT2D eigenvalue weighted by molar-refractivity contribution is -0.121. The van der Waals surface area contributed by atoms with Gasteiger partial charge in [0, 0.05) is 12.0 Å². The number of nitrogens with zero attached hydrogens (tertiary/aromatic N) is 4. The maximum atomic E-state index is 13.0. The molecule has 3 aromatic rings. The average Bonchev–Trinajstić information content (AvgIpc) is 3.37. The number of imide groups is 1. The van der Waals surface area contributed by atoms with Gasteiger partial charge in [-0.05, 0) is 41.8 Å². The molecule has 2 amide bonds. The minimum Gasteiger partial charge on any atom is -0.454 e. The van der Waals surface area contributed by atoms with E-state index in [-0.39, 0.29) is 25.0 Å². The molecule has 0 bridgehead atoms. The number of carbonyl (C=O) groups excluding carboxylic acids is 2. The molecule has 0 N–H and O–H groups in total. The number of fused-ring (bicyclic) bond motifs is 1. The van der Waals surface area contributed by atoms with Crippen LogP contribution in [-0.2, 0) is 9.59 Å². The van der Waals surface area contributed by atoms with Crippen LogP contribution in [0.15, 0.2) is 53.8 Å². The van der Waals surface area contributed by atoms with Gasteiger partial charge in [-0.25, -0.2) is 9.88 Å². The van der Waals surface area contributed by atoms with Crippen molar-refractivity contribution in [2.75, 3.05) is 11.7 Å². The summed E-state index contributed by atoms with van der Waals surface area (Å²) in [5.41, 5.74) is 3.13. The first-order valence-corrected chi connectivity index (χ1v) is 11.1. The third-order valence-corrected chi connectivity index (χ3v) is 6.42. The second-order valence-electron chi connectivity index (χ2n) is 7.82. The zero-order chi connectivity index (χ0) is 22.2. The number of aromatic nitrogens is 3. The summed E-state index contributed by atoms with van der Waals surface area (Å²) in [6, 6.07) is 13.0. The highest BCUT2D eigenvalue weighted by Gasteiger charge is 2.40. The number of hydrogen-bond acceptors (Lipinski definition) is 8. The molecule has 0 aliphatic carbocycles. The van der Waals surface area contributed by atoms with Crippen LogP contribution in [0.25, 0.3) is 11.3 Å². The van der Waals surface area contributed by atoms with Crippen LogP contribution in [0, 0.1) is 0 Å². The van der Waals surface area contributed by atoms with Crippen LogP contribution in [0.1, 0.15) is 31.7 Å². The fraction of sp³-hybridized carbons (Fsp3) is 0.261. The highest BCUT2D eigenvalue weighted by Crippen LogP contribution is 2.36. The van der Waals surface area contributed by atoms with E-state index in [4.69, 9.17) is 9.47 Å². The lowest BCUT2D eigenvalue weighted by atomic mass is 10.0. The fourth-order valence-electron chi connectivity index (χ4n) is 3.64. The van der Waals surface area contributed by atoms with Gasteiger partial charge in [0.1, 0.15) is 5.25 Å². The molecule has 0 saturated carbocycles. The number of ether oxygens (including phenoxy) is 2. The SMILES string of the molecule is CC(C)c1ccc(N2C(=O)CC(Sc3nncc(-c4ccc5c(c4)OCO5)n3)C2=O)cc1. The second kappa shape index (κ2) is 8.23. The van der Waals surface area contributed by atoms with Crippen molar-refractivity contribution in [3.63, 3.8) is 0 Å². The Hall–Kier alpha value is -3.46. The normalized spacial score (nSPS) is 17.5.